The Hall–Kier alpha value is -3.34. The Morgan fingerprint density at radius 3 is 2.44 bits per heavy atom. The Morgan fingerprint density at radius 1 is 1.09 bits per heavy atom. The van der Waals surface area contributed by atoms with Crippen LogP contribution in [0, 0.1) is 5.41 Å². The number of amides is 1. The minimum atomic E-state index is -0.451. The minimum absolute atomic E-state index is 0.157. The Bertz CT molecular complexity index is 1020. The number of esters is 1. The standard InChI is InChI=1S/C29H37NO4/c1-21(12-17-26-23(3)11-8-18-29(26,4)5)9-7-10-22(2)19-27(31)30-24-13-15-25(16-14-24)34-20-28(32)33-6/h7,9-10,12-17,19H,8,11,18,20H2,1-6H3,(H,30,31)/b10-7+,17-12+,21-9+,22-19+. The fourth-order valence-corrected chi connectivity index (χ4v) is 3.90. The second kappa shape index (κ2) is 12.8. The summed E-state index contributed by atoms with van der Waals surface area (Å²) in [7, 11) is 1.31. The molecular weight excluding hydrogens is 426 g/mol. The van der Waals surface area contributed by atoms with E-state index in [1.807, 2.05) is 25.2 Å². The third-order valence-electron chi connectivity index (χ3n) is 5.84. The van der Waals surface area contributed by atoms with E-state index in [0.29, 0.717) is 11.4 Å². The summed E-state index contributed by atoms with van der Waals surface area (Å²) >= 11 is 0. The number of benzene rings is 1. The maximum Gasteiger partial charge on any atom is 0.343 e. The number of hydrogen-bond donors (Lipinski definition) is 1. The highest BCUT2D eigenvalue weighted by Crippen LogP contribution is 2.40. The van der Waals surface area contributed by atoms with Crippen molar-refractivity contribution < 1.29 is 19.1 Å². The van der Waals surface area contributed by atoms with Gasteiger partial charge in [0.1, 0.15) is 5.75 Å². The van der Waals surface area contributed by atoms with Crippen LogP contribution in [0.4, 0.5) is 5.69 Å². The predicted octanol–water partition coefficient (Wildman–Crippen LogP) is 6.71. The molecule has 1 aromatic rings. The molecule has 0 aliphatic heterocycles. The van der Waals surface area contributed by atoms with E-state index in [9.17, 15) is 9.59 Å². The zero-order valence-electron chi connectivity index (χ0n) is 21.2. The Kier molecular flexibility index (Phi) is 10.1. The first kappa shape index (κ1) is 26.9. The average Bonchev–Trinajstić information content (AvgIpc) is 2.77. The van der Waals surface area contributed by atoms with Gasteiger partial charge in [-0.05, 0) is 80.9 Å². The second-order valence-corrected chi connectivity index (χ2v) is 9.30. The van der Waals surface area contributed by atoms with E-state index >= 15 is 0 Å². The quantitative estimate of drug-likeness (QED) is 0.251. The summed E-state index contributed by atoms with van der Waals surface area (Å²) in [6, 6.07) is 6.80. The van der Waals surface area contributed by atoms with Gasteiger partial charge in [0.05, 0.1) is 7.11 Å². The Labute approximate surface area is 203 Å². The monoisotopic (exact) mass is 463 g/mol. The van der Waals surface area contributed by atoms with Crippen LogP contribution in [-0.2, 0) is 14.3 Å². The molecule has 0 spiro atoms. The molecule has 0 radical (unpaired) electrons. The van der Waals surface area contributed by atoms with Gasteiger partial charge in [0.15, 0.2) is 6.61 Å². The Morgan fingerprint density at radius 2 is 1.79 bits per heavy atom. The molecular formula is C29H37NO4. The molecule has 0 fully saturated rings. The van der Waals surface area contributed by atoms with Crippen LogP contribution in [0.25, 0.3) is 0 Å². The molecule has 2 rings (SSSR count). The topological polar surface area (TPSA) is 64.6 Å². The lowest BCUT2D eigenvalue weighted by molar-refractivity contribution is -0.142. The van der Waals surface area contributed by atoms with Gasteiger partial charge in [-0.25, -0.2) is 4.79 Å². The molecule has 0 heterocycles. The van der Waals surface area contributed by atoms with Gasteiger partial charge >= 0.3 is 5.97 Å². The van der Waals surface area contributed by atoms with Gasteiger partial charge < -0.3 is 14.8 Å². The summed E-state index contributed by atoms with van der Waals surface area (Å²) in [5.74, 6) is -0.145. The summed E-state index contributed by atoms with van der Waals surface area (Å²) in [6.07, 6.45) is 15.6. The maximum absolute atomic E-state index is 12.3. The molecule has 1 aliphatic rings. The first-order valence-corrected chi connectivity index (χ1v) is 11.6. The van der Waals surface area contributed by atoms with Crippen molar-refractivity contribution in [2.75, 3.05) is 19.0 Å². The number of rotatable bonds is 9. The third-order valence-corrected chi connectivity index (χ3v) is 5.84. The van der Waals surface area contributed by atoms with Crippen LogP contribution in [0.1, 0.15) is 53.9 Å². The molecule has 0 aromatic heterocycles. The van der Waals surface area contributed by atoms with Crippen molar-refractivity contribution in [1.82, 2.24) is 0 Å². The van der Waals surface area contributed by atoms with Crippen molar-refractivity contribution in [2.24, 2.45) is 5.41 Å². The molecule has 1 amide bonds. The van der Waals surface area contributed by atoms with Gasteiger partial charge in [-0.2, -0.15) is 0 Å². The van der Waals surface area contributed by atoms with Gasteiger partial charge in [-0.3, -0.25) is 4.79 Å². The van der Waals surface area contributed by atoms with E-state index in [4.69, 9.17) is 4.74 Å². The molecule has 5 heteroatoms. The molecule has 1 aliphatic carbocycles. The molecule has 0 unspecified atom stereocenters. The third kappa shape index (κ3) is 8.89. The number of anilines is 1. The van der Waals surface area contributed by atoms with E-state index in [1.54, 1.807) is 30.3 Å². The van der Waals surface area contributed by atoms with Crippen molar-refractivity contribution >= 4 is 17.6 Å². The molecule has 5 nitrogen and oxygen atoms in total. The molecule has 0 saturated heterocycles. The fraction of sp³-hybridized carbons (Fsp3) is 0.379. The van der Waals surface area contributed by atoms with E-state index in [0.717, 1.165) is 11.1 Å². The molecule has 0 saturated carbocycles. The van der Waals surface area contributed by atoms with Crippen molar-refractivity contribution in [1.29, 1.82) is 0 Å². The number of methoxy groups -OCH3 is 1. The molecule has 182 valence electrons. The van der Waals surface area contributed by atoms with Crippen molar-refractivity contribution in [3.8, 4) is 5.75 Å². The predicted molar refractivity (Wildman–Crippen MR) is 139 cm³/mol. The van der Waals surface area contributed by atoms with Crippen LogP contribution in [-0.4, -0.2) is 25.6 Å². The fourth-order valence-electron chi connectivity index (χ4n) is 3.90. The highest BCUT2D eigenvalue weighted by atomic mass is 16.6. The maximum atomic E-state index is 12.3. The average molecular weight is 464 g/mol. The van der Waals surface area contributed by atoms with Gasteiger partial charge in [0, 0.05) is 11.8 Å². The van der Waals surface area contributed by atoms with Gasteiger partial charge in [-0.15, -0.1) is 0 Å². The smallest absolute Gasteiger partial charge is 0.343 e. The number of ether oxygens (including phenoxy) is 2. The number of carbonyl (C=O) groups is 2. The van der Waals surface area contributed by atoms with Crippen LogP contribution in [0.3, 0.4) is 0 Å². The summed E-state index contributed by atoms with van der Waals surface area (Å²) in [5.41, 5.74) is 5.81. The van der Waals surface area contributed by atoms with E-state index in [2.05, 4.69) is 49.9 Å². The molecule has 0 bridgehead atoms. The van der Waals surface area contributed by atoms with Gasteiger partial charge in [-0.1, -0.05) is 55.4 Å². The molecule has 1 N–H and O–H groups in total. The van der Waals surface area contributed by atoms with Crippen LogP contribution < -0.4 is 10.1 Å². The first-order chi connectivity index (χ1) is 16.1. The summed E-state index contributed by atoms with van der Waals surface area (Å²) in [5, 5.41) is 2.82. The number of carbonyl (C=O) groups excluding carboxylic acids is 2. The largest absolute Gasteiger partial charge is 0.482 e. The second-order valence-electron chi connectivity index (χ2n) is 9.30. The van der Waals surface area contributed by atoms with E-state index in [-0.39, 0.29) is 17.9 Å². The minimum Gasteiger partial charge on any atom is -0.482 e. The molecule has 34 heavy (non-hydrogen) atoms. The lowest BCUT2D eigenvalue weighted by atomic mass is 9.72. The van der Waals surface area contributed by atoms with Crippen molar-refractivity contribution in [3.05, 3.63) is 83.0 Å². The summed E-state index contributed by atoms with van der Waals surface area (Å²) in [4.78, 5) is 23.4. The molecule has 0 atom stereocenters. The zero-order valence-corrected chi connectivity index (χ0v) is 21.2. The lowest BCUT2D eigenvalue weighted by Crippen LogP contribution is -2.19. The Balaban J connectivity index is 1.90. The van der Waals surface area contributed by atoms with Gasteiger partial charge in [0.2, 0.25) is 5.91 Å². The number of nitrogens with one attached hydrogen (secondary N) is 1. The van der Waals surface area contributed by atoms with E-state index in [1.165, 1.54) is 37.5 Å². The summed E-state index contributed by atoms with van der Waals surface area (Å²) < 4.78 is 9.83. The lowest BCUT2D eigenvalue weighted by Gasteiger charge is -2.32. The highest BCUT2D eigenvalue weighted by Gasteiger charge is 2.26. The van der Waals surface area contributed by atoms with Crippen LogP contribution in [0.5, 0.6) is 5.75 Å². The summed E-state index contributed by atoms with van der Waals surface area (Å²) in [6.45, 7) is 10.7. The highest BCUT2D eigenvalue weighted by molar-refractivity contribution is 6.00. The van der Waals surface area contributed by atoms with Crippen LogP contribution >= 0.6 is 0 Å². The van der Waals surface area contributed by atoms with Crippen LogP contribution in [0.2, 0.25) is 0 Å². The first-order valence-electron chi connectivity index (χ1n) is 11.6. The molecule has 1 aromatic carbocycles. The zero-order chi connectivity index (χ0) is 25.1. The number of hydrogen-bond acceptors (Lipinski definition) is 4. The SMILES string of the molecule is COC(=O)COc1ccc(NC(=O)/C=C(C)/C=C/C=C(C)/C=C/C2=C(C)CCCC2(C)C)cc1. The van der Waals surface area contributed by atoms with Gasteiger partial charge in [0.25, 0.3) is 0 Å². The number of allylic oxidation sites excluding steroid dienone is 9. The van der Waals surface area contributed by atoms with Crippen LogP contribution in [0.15, 0.2) is 83.0 Å². The van der Waals surface area contributed by atoms with Crippen molar-refractivity contribution in [2.45, 2.75) is 53.9 Å². The van der Waals surface area contributed by atoms with E-state index < -0.39 is 5.97 Å². The normalized spacial score (nSPS) is 16.8. The van der Waals surface area contributed by atoms with Crippen molar-refractivity contribution in [3.63, 3.8) is 0 Å².